The summed E-state index contributed by atoms with van der Waals surface area (Å²) in [4.78, 5) is 37.7. The van der Waals surface area contributed by atoms with Gasteiger partial charge in [0.2, 0.25) is 5.72 Å². The molecule has 3 atom stereocenters. The minimum atomic E-state index is -3.09. The normalized spacial score (nSPS) is 23.9. The minimum Gasteiger partial charge on any atom is -0.414 e. The summed E-state index contributed by atoms with van der Waals surface area (Å²) in [6.45, 7) is 18.3. The summed E-state index contributed by atoms with van der Waals surface area (Å²) in [6.07, 6.45) is 1.34. The fraction of sp³-hybridized carbons (Fsp3) is 0.783. The molecule has 0 spiro atoms. The number of nitrogens with zero attached hydrogens (tertiary/aromatic N) is 2. The van der Waals surface area contributed by atoms with E-state index in [1.807, 2.05) is 34.6 Å². The number of rotatable bonds is 10. The quantitative estimate of drug-likeness (QED) is 0.459. The summed E-state index contributed by atoms with van der Waals surface area (Å²) in [5.41, 5.74) is -2.61. The maximum Gasteiger partial charge on any atom is 0.334 e. The van der Waals surface area contributed by atoms with Gasteiger partial charge in [0.25, 0.3) is 5.56 Å². The summed E-state index contributed by atoms with van der Waals surface area (Å²) in [5, 5.41) is 10.0. The molecule has 1 fully saturated rings. The molecule has 1 aromatic rings. The number of hydrogen-bond donors (Lipinski definition) is 2. The van der Waals surface area contributed by atoms with Gasteiger partial charge in [0.1, 0.15) is 6.07 Å². The fourth-order valence-electron chi connectivity index (χ4n) is 4.88. The van der Waals surface area contributed by atoms with Crippen LogP contribution in [-0.4, -0.2) is 44.2 Å². The predicted molar refractivity (Wildman–Crippen MR) is 135 cm³/mol. The molecule has 0 saturated carbocycles. The molecule has 34 heavy (non-hydrogen) atoms. The van der Waals surface area contributed by atoms with Crippen molar-refractivity contribution < 1.29 is 18.1 Å². The van der Waals surface area contributed by atoms with Crippen molar-refractivity contribution in [3.8, 4) is 6.07 Å². The highest BCUT2D eigenvalue weighted by molar-refractivity contribution is 6.83. The van der Waals surface area contributed by atoms with Gasteiger partial charge >= 0.3 is 22.8 Å². The molecule has 0 aromatic carbocycles. The second kappa shape index (κ2) is 10.6. The lowest BCUT2D eigenvalue weighted by molar-refractivity contribution is -0.0875. The molecule has 9 nitrogen and oxygen atoms in total. The van der Waals surface area contributed by atoms with Crippen LogP contribution in [0.25, 0.3) is 0 Å². The van der Waals surface area contributed by atoms with Gasteiger partial charge in [-0.3, -0.25) is 14.3 Å². The molecule has 1 aromatic heterocycles. The smallest absolute Gasteiger partial charge is 0.334 e. The first-order chi connectivity index (χ1) is 15.7. The number of aromatic nitrogens is 2. The van der Waals surface area contributed by atoms with Crippen LogP contribution in [0.4, 0.5) is 0 Å². The molecule has 1 aliphatic heterocycles. The van der Waals surface area contributed by atoms with E-state index in [9.17, 15) is 19.6 Å². The third kappa shape index (κ3) is 5.17. The Balaban J connectivity index is 2.35. The maximum atomic E-state index is 12.4. The first-order valence-electron chi connectivity index (χ1n) is 12.1. The molecule has 0 aliphatic carbocycles. The van der Waals surface area contributed by atoms with Crippen molar-refractivity contribution in [1.82, 2.24) is 9.55 Å². The SMILES string of the molecule is CC(C)[Si](O)(O[Si](OC[C@@H]1C[C@H](C)[C@](C#N)(n2ccc(=O)[nH]c2=O)O1)(C(C)C)C(C)C)C(C)C. The summed E-state index contributed by atoms with van der Waals surface area (Å²) in [5.74, 6) is -0.317. The maximum absolute atomic E-state index is 12.4. The van der Waals surface area contributed by atoms with E-state index in [4.69, 9.17) is 13.3 Å². The number of hydrogen-bond acceptors (Lipinski definition) is 7. The molecule has 0 radical (unpaired) electrons. The highest BCUT2D eigenvalue weighted by Crippen LogP contribution is 2.44. The van der Waals surface area contributed by atoms with Gasteiger partial charge in [-0.15, -0.1) is 0 Å². The van der Waals surface area contributed by atoms with Gasteiger partial charge in [0.05, 0.1) is 12.7 Å². The topological polar surface area (TPSA) is 127 Å². The van der Waals surface area contributed by atoms with Gasteiger partial charge in [-0.1, -0.05) is 62.3 Å². The van der Waals surface area contributed by atoms with Crippen LogP contribution in [-0.2, 0) is 19.0 Å². The molecular weight excluding hydrogens is 470 g/mol. The van der Waals surface area contributed by atoms with Crippen molar-refractivity contribution in [3.05, 3.63) is 33.1 Å². The van der Waals surface area contributed by atoms with Crippen LogP contribution in [0.5, 0.6) is 0 Å². The third-order valence-corrected chi connectivity index (χ3v) is 16.8. The van der Waals surface area contributed by atoms with Gasteiger partial charge in [0, 0.05) is 18.2 Å². The Hall–Kier alpha value is -1.56. The molecule has 11 heteroatoms. The molecule has 2 N–H and O–H groups in total. The van der Waals surface area contributed by atoms with E-state index >= 15 is 0 Å². The second-order valence-corrected chi connectivity index (χ2v) is 19.3. The molecule has 1 aliphatic rings. The van der Waals surface area contributed by atoms with Crippen molar-refractivity contribution in [2.24, 2.45) is 5.92 Å². The number of aromatic amines is 1. The average Bonchev–Trinajstić information content (AvgIpc) is 3.06. The highest BCUT2D eigenvalue weighted by Gasteiger charge is 2.56. The van der Waals surface area contributed by atoms with Gasteiger partial charge in [-0.25, -0.2) is 4.79 Å². The Kier molecular flexibility index (Phi) is 8.94. The molecular formula is C23H41N3O6Si2. The van der Waals surface area contributed by atoms with Crippen LogP contribution in [0.1, 0.15) is 68.7 Å². The van der Waals surface area contributed by atoms with Crippen LogP contribution in [0, 0.1) is 17.2 Å². The van der Waals surface area contributed by atoms with Gasteiger partial charge < -0.3 is 18.1 Å². The van der Waals surface area contributed by atoms with Crippen LogP contribution >= 0.6 is 0 Å². The van der Waals surface area contributed by atoms with Gasteiger partial charge in [0.15, 0.2) is 0 Å². The molecule has 2 heterocycles. The molecule has 0 unspecified atom stereocenters. The largest absolute Gasteiger partial charge is 0.414 e. The lowest BCUT2D eigenvalue weighted by atomic mass is 9.96. The monoisotopic (exact) mass is 511 g/mol. The highest BCUT2D eigenvalue weighted by atomic mass is 28.5. The van der Waals surface area contributed by atoms with E-state index < -0.39 is 40.2 Å². The third-order valence-electron chi connectivity index (χ3n) is 7.05. The van der Waals surface area contributed by atoms with E-state index in [1.165, 1.54) is 12.3 Å². The average molecular weight is 512 g/mol. The molecule has 0 amide bonds. The fourth-order valence-corrected chi connectivity index (χ4v) is 14.7. The summed E-state index contributed by atoms with van der Waals surface area (Å²) >= 11 is 0. The minimum absolute atomic E-state index is 0.00146. The molecule has 1 saturated heterocycles. The molecule has 192 valence electrons. The number of H-pyrrole nitrogens is 1. The lowest BCUT2D eigenvalue weighted by Gasteiger charge is -2.46. The van der Waals surface area contributed by atoms with Crippen molar-refractivity contribution in [3.63, 3.8) is 0 Å². The van der Waals surface area contributed by atoms with Gasteiger partial charge in [-0.05, 0) is 28.6 Å². The number of ether oxygens (including phenoxy) is 1. The summed E-state index contributed by atoms with van der Waals surface area (Å²) in [6, 6.07) is 3.36. The van der Waals surface area contributed by atoms with E-state index in [1.54, 1.807) is 0 Å². The van der Waals surface area contributed by atoms with Crippen molar-refractivity contribution in [2.45, 2.75) is 103 Å². The van der Waals surface area contributed by atoms with Crippen molar-refractivity contribution in [2.75, 3.05) is 6.61 Å². The second-order valence-electron chi connectivity index (χ2n) is 10.7. The van der Waals surface area contributed by atoms with Crippen molar-refractivity contribution in [1.29, 1.82) is 5.26 Å². The number of nitrogens with one attached hydrogen (secondary N) is 1. The lowest BCUT2D eigenvalue weighted by Crippen LogP contribution is -2.60. The molecule has 2 rings (SSSR count). The zero-order valence-electron chi connectivity index (χ0n) is 21.9. The van der Waals surface area contributed by atoms with E-state index in [-0.39, 0.29) is 34.7 Å². The van der Waals surface area contributed by atoms with Gasteiger partial charge in [-0.2, -0.15) is 5.26 Å². The zero-order chi connectivity index (χ0) is 26.1. The number of nitriles is 1. The Labute approximate surface area is 204 Å². The summed E-state index contributed by atoms with van der Waals surface area (Å²) < 4.78 is 20.7. The van der Waals surface area contributed by atoms with Crippen molar-refractivity contribution >= 4 is 17.1 Å². The molecule has 0 bridgehead atoms. The van der Waals surface area contributed by atoms with Crippen LogP contribution in [0.2, 0.25) is 22.2 Å². The Morgan fingerprint density at radius 2 is 1.74 bits per heavy atom. The van der Waals surface area contributed by atoms with Crippen LogP contribution in [0.3, 0.4) is 0 Å². The standard InChI is InChI=1S/C23H41N3O6Si2/c1-15(2)33(29,16(3)4)32-34(17(5)6,18(7)8)30-13-20-12-19(9)23(14-24,31-20)26-11-10-21(27)25-22(26)28/h10-11,15-20,29H,12-13H2,1-9H3,(H,25,27,28)/t19-,20-,23+/m0/s1. The Morgan fingerprint density at radius 3 is 2.18 bits per heavy atom. The first kappa shape index (κ1) is 28.7. The first-order valence-corrected chi connectivity index (χ1v) is 16.1. The Bertz CT molecular complexity index is 983. The zero-order valence-corrected chi connectivity index (χ0v) is 23.9. The Morgan fingerprint density at radius 1 is 1.18 bits per heavy atom. The van der Waals surface area contributed by atoms with E-state index in [0.29, 0.717) is 6.42 Å². The van der Waals surface area contributed by atoms with E-state index in [2.05, 4.69) is 38.7 Å². The predicted octanol–water partition coefficient (Wildman–Crippen LogP) is 3.69. The van der Waals surface area contributed by atoms with Crippen LogP contribution in [0.15, 0.2) is 21.9 Å². The van der Waals surface area contributed by atoms with Crippen LogP contribution < -0.4 is 11.2 Å². The van der Waals surface area contributed by atoms with E-state index in [0.717, 1.165) is 4.57 Å². The summed E-state index contributed by atoms with van der Waals surface area (Å²) in [7, 11) is -6.01.